The average Bonchev–Trinajstić information content (AvgIpc) is 4.00. The molecule has 0 amide bonds. The number of phenols is 2. The number of hydrogen-bond donors (Lipinski definition) is 4. The van der Waals surface area contributed by atoms with Gasteiger partial charge in [-0.1, -0.05) is 67.3 Å². The molecule has 61 heavy (non-hydrogen) atoms. The Labute approximate surface area is 358 Å². The van der Waals surface area contributed by atoms with Crippen LogP contribution in [0.2, 0.25) is 0 Å². The van der Waals surface area contributed by atoms with Crippen LogP contribution in [-0.2, 0) is 33.2 Å². The van der Waals surface area contributed by atoms with E-state index in [1.807, 2.05) is 12.1 Å². The van der Waals surface area contributed by atoms with E-state index in [4.69, 9.17) is 24.7 Å². The van der Waals surface area contributed by atoms with Gasteiger partial charge in [0.1, 0.15) is 30.0 Å². The van der Waals surface area contributed by atoms with Gasteiger partial charge in [0.05, 0.1) is 32.0 Å². The van der Waals surface area contributed by atoms with E-state index < -0.39 is 6.10 Å². The number of aromatic hydroxyl groups is 2. The van der Waals surface area contributed by atoms with Crippen molar-refractivity contribution in [3.05, 3.63) is 124 Å². The quantitative estimate of drug-likeness (QED) is 0.107. The highest BCUT2D eigenvalue weighted by molar-refractivity contribution is 5.84. The number of methoxy groups -OCH3 is 2. The molecule has 6 atom stereocenters. The molecule has 314 valence electrons. The van der Waals surface area contributed by atoms with Crippen molar-refractivity contribution >= 4 is 5.97 Å². The molecule has 2 fully saturated rings. The van der Waals surface area contributed by atoms with Crippen LogP contribution in [-0.4, -0.2) is 43.2 Å². The molecule has 9 heteroatoms. The van der Waals surface area contributed by atoms with Gasteiger partial charge >= 0.3 is 5.97 Å². The molecule has 4 bridgehead atoms. The third-order valence-electron chi connectivity index (χ3n) is 14.9. The van der Waals surface area contributed by atoms with E-state index in [2.05, 4.69) is 71.8 Å². The van der Waals surface area contributed by atoms with Crippen LogP contribution < -0.4 is 25.3 Å². The van der Waals surface area contributed by atoms with Gasteiger partial charge in [0.2, 0.25) is 0 Å². The van der Waals surface area contributed by atoms with Gasteiger partial charge in [-0.25, -0.2) is 0 Å². The third kappa shape index (κ3) is 6.62. The number of allylic oxidation sites excluding steroid dienone is 3. The minimum Gasteiger partial charge on any atom is -0.508 e. The number of hydrogen-bond acceptors (Lipinski definition) is 9. The molecule has 1 spiro atoms. The summed E-state index contributed by atoms with van der Waals surface area (Å²) in [5.41, 5.74) is 16.6. The number of ether oxygens (including phenoxy) is 4. The van der Waals surface area contributed by atoms with E-state index >= 15 is 0 Å². The highest BCUT2D eigenvalue weighted by Crippen LogP contribution is 2.64. The maximum absolute atomic E-state index is 12.5. The van der Waals surface area contributed by atoms with Crippen molar-refractivity contribution in [2.45, 2.75) is 100 Å². The Hall–Kier alpha value is -5.85. The fourth-order valence-electron chi connectivity index (χ4n) is 12.3. The number of benzene rings is 4. The summed E-state index contributed by atoms with van der Waals surface area (Å²) in [5.74, 6) is 8.76. The minimum atomic E-state index is -0.575. The SMILES string of the molecule is COc1cc2c(cc1O)CC#CC1=C(C=CC(N)N1)C(CC1(c3ccccc3)CCCC1)C1CCC3(Cc4cc(O)cc(OC)c4-c4ccc5c(c43)OC2C5COC(C)=O)C1. The predicted octanol–water partition coefficient (Wildman–Crippen LogP) is 8.93. The first-order valence-corrected chi connectivity index (χ1v) is 21.9. The number of carbonyl (C=O) groups excluding carboxylic acids is 1. The van der Waals surface area contributed by atoms with Crippen molar-refractivity contribution in [1.82, 2.24) is 5.32 Å². The van der Waals surface area contributed by atoms with Gasteiger partial charge in [-0.2, -0.15) is 0 Å². The molecule has 2 saturated carbocycles. The molecule has 0 radical (unpaired) electrons. The Morgan fingerprint density at radius 1 is 0.951 bits per heavy atom. The number of fused-ring (bicyclic) bond motifs is 6. The molecule has 4 aromatic carbocycles. The lowest BCUT2D eigenvalue weighted by molar-refractivity contribution is -0.141. The van der Waals surface area contributed by atoms with Gasteiger partial charge in [-0.3, -0.25) is 4.79 Å². The first-order valence-electron chi connectivity index (χ1n) is 21.9. The monoisotopic (exact) mass is 818 g/mol. The Kier molecular flexibility index (Phi) is 9.82. The zero-order valence-electron chi connectivity index (χ0n) is 35.2. The number of phenolic OH excluding ortho intramolecular Hbond substituents is 2. The number of carbonyl (C=O) groups is 1. The van der Waals surface area contributed by atoms with E-state index in [9.17, 15) is 15.0 Å². The van der Waals surface area contributed by atoms with E-state index in [0.717, 1.165) is 88.9 Å². The summed E-state index contributed by atoms with van der Waals surface area (Å²) in [5, 5.41) is 25.9. The summed E-state index contributed by atoms with van der Waals surface area (Å²) in [7, 11) is 3.19. The summed E-state index contributed by atoms with van der Waals surface area (Å²) < 4.78 is 24.9. The predicted molar refractivity (Wildman–Crippen MR) is 234 cm³/mol. The maximum atomic E-state index is 12.5. The Balaban J connectivity index is 1.23. The van der Waals surface area contributed by atoms with Crippen LogP contribution in [0.3, 0.4) is 0 Å². The Morgan fingerprint density at radius 3 is 2.52 bits per heavy atom. The highest BCUT2D eigenvalue weighted by atomic mass is 16.5. The van der Waals surface area contributed by atoms with Crippen molar-refractivity contribution in [3.8, 4) is 51.7 Å². The lowest BCUT2D eigenvalue weighted by atomic mass is 9.63. The summed E-state index contributed by atoms with van der Waals surface area (Å²) in [6.07, 6.45) is 12.9. The summed E-state index contributed by atoms with van der Waals surface area (Å²) in [6, 6.07) is 22.6. The Morgan fingerprint density at radius 2 is 1.75 bits per heavy atom. The molecule has 3 aliphatic carbocycles. The van der Waals surface area contributed by atoms with Gasteiger partial charge in [-0.05, 0) is 120 Å². The van der Waals surface area contributed by atoms with Crippen LogP contribution in [0.1, 0.15) is 104 Å². The van der Waals surface area contributed by atoms with E-state index in [0.29, 0.717) is 24.3 Å². The van der Waals surface area contributed by atoms with Gasteiger partial charge in [-0.15, -0.1) is 0 Å². The van der Waals surface area contributed by atoms with Crippen LogP contribution in [0.15, 0.2) is 90.2 Å². The zero-order valence-corrected chi connectivity index (χ0v) is 35.2. The van der Waals surface area contributed by atoms with Crippen LogP contribution in [0.4, 0.5) is 0 Å². The van der Waals surface area contributed by atoms with Crippen molar-refractivity contribution < 1.29 is 34.0 Å². The smallest absolute Gasteiger partial charge is 0.302 e. The van der Waals surface area contributed by atoms with Crippen LogP contribution in [0, 0.1) is 23.7 Å². The van der Waals surface area contributed by atoms with E-state index in [1.54, 1.807) is 19.2 Å². The van der Waals surface area contributed by atoms with Crippen molar-refractivity contribution in [3.63, 3.8) is 0 Å². The van der Waals surface area contributed by atoms with Gasteiger partial charge < -0.3 is 40.2 Å². The summed E-state index contributed by atoms with van der Waals surface area (Å²) in [6.45, 7) is 1.54. The average molecular weight is 819 g/mol. The number of nitrogens with two attached hydrogens (primary N) is 1. The molecule has 4 aromatic rings. The molecular weight excluding hydrogens is 765 g/mol. The molecular formula is C52H54N2O7. The van der Waals surface area contributed by atoms with Gasteiger partial charge in [0.15, 0.2) is 11.5 Å². The van der Waals surface area contributed by atoms with Crippen LogP contribution in [0.5, 0.6) is 28.7 Å². The first kappa shape index (κ1) is 39.3. The topological polar surface area (TPSA) is 133 Å². The number of dihydropyridines is 1. The van der Waals surface area contributed by atoms with Gasteiger partial charge in [0, 0.05) is 47.1 Å². The summed E-state index contributed by atoms with van der Waals surface area (Å²) >= 11 is 0. The fraction of sp³-hybridized carbons (Fsp3) is 0.404. The zero-order chi connectivity index (χ0) is 42.0. The lowest BCUT2D eigenvalue weighted by Crippen LogP contribution is -2.39. The molecule has 9 nitrogen and oxygen atoms in total. The maximum Gasteiger partial charge on any atom is 0.302 e. The second-order valence-electron chi connectivity index (χ2n) is 18.2. The van der Waals surface area contributed by atoms with Crippen molar-refractivity contribution in [1.29, 1.82) is 0 Å². The van der Waals surface area contributed by atoms with Crippen LogP contribution in [0.25, 0.3) is 11.1 Å². The molecule has 6 unspecified atom stereocenters. The number of esters is 1. The van der Waals surface area contributed by atoms with Gasteiger partial charge in [0.25, 0.3) is 0 Å². The summed E-state index contributed by atoms with van der Waals surface area (Å²) in [4.78, 5) is 12.5. The van der Waals surface area contributed by atoms with Crippen molar-refractivity contribution in [2.75, 3.05) is 20.8 Å². The normalized spacial score (nSPS) is 26.3. The molecule has 6 aliphatic rings. The second-order valence-corrected chi connectivity index (χ2v) is 18.2. The van der Waals surface area contributed by atoms with Crippen LogP contribution >= 0.6 is 0 Å². The lowest BCUT2D eigenvalue weighted by Gasteiger charge is -2.41. The standard InChI is InChI=1S/C52H54N2O7/c1-30(55)60-29-41-37-14-15-38-47-33(22-35(56)24-45(47)59-3)27-52-21-18-32(26-52)40(28-51(19-7-8-20-51)34-11-5-4-6-12-34)36-16-17-46(53)54-42(36)13-9-10-31-23-43(57)44(58-2)25-39(31)49(41)61-50(37)48(38)52/h4-6,11-12,14-17,22-25,32,40-41,46,49,54,56-57H,7-8,10,18-21,26-29,53H2,1-3H3. The number of rotatable bonds is 7. The van der Waals surface area contributed by atoms with E-state index in [-0.39, 0.29) is 58.8 Å². The van der Waals surface area contributed by atoms with E-state index in [1.165, 1.54) is 38.0 Å². The molecule has 10 rings (SSSR count). The number of nitrogens with one attached hydrogen (secondary N) is 1. The molecule has 0 aromatic heterocycles. The highest BCUT2D eigenvalue weighted by Gasteiger charge is 2.53. The third-order valence-corrected chi connectivity index (χ3v) is 14.9. The minimum absolute atomic E-state index is 0.0112. The molecule has 3 aliphatic heterocycles. The molecule has 3 heterocycles. The fourth-order valence-corrected chi connectivity index (χ4v) is 12.3. The first-order chi connectivity index (χ1) is 29.6. The van der Waals surface area contributed by atoms with Crippen molar-refractivity contribution in [2.24, 2.45) is 17.6 Å². The second kappa shape index (κ2) is 15.3. The molecule has 5 N–H and O–H groups in total. The Bertz CT molecular complexity index is 2540. The molecule has 0 saturated heterocycles. The largest absolute Gasteiger partial charge is 0.508 e.